The summed E-state index contributed by atoms with van der Waals surface area (Å²) >= 11 is 0. The van der Waals surface area contributed by atoms with Gasteiger partial charge in [-0.15, -0.1) is 0 Å². The molecule has 118 valence electrons. The number of nitrogens with zero attached hydrogens (tertiary/aromatic N) is 1. The third-order valence-electron chi connectivity index (χ3n) is 3.27. The third-order valence-corrected chi connectivity index (χ3v) is 4.40. The Balaban J connectivity index is 2.74. The number of ether oxygens (including phenoxy) is 1. The summed E-state index contributed by atoms with van der Waals surface area (Å²) in [4.78, 5) is 13.8. The van der Waals surface area contributed by atoms with Gasteiger partial charge in [0, 0.05) is 27.0 Å². The Morgan fingerprint density at radius 2 is 1.90 bits per heavy atom. The minimum Gasteiger partial charge on any atom is -0.383 e. The first-order valence-electron chi connectivity index (χ1n) is 6.57. The Labute approximate surface area is 126 Å². The maximum absolute atomic E-state index is 11.9. The fourth-order valence-electron chi connectivity index (χ4n) is 1.78. The van der Waals surface area contributed by atoms with E-state index in [1.165, 1.54) is 6.26 Å². The first-order valence-corrected chi connectivity index (χ1v) is 8.46. The largest absolute Gasteiger partial charge is 0.383 e. The Hall–Kier alpha value is -1.60. The van der Waals surface area contributed by atoms with Gasteiger partial charge in [-0.1, -0.05) is 12.1 Å². The highest BCUT2D eigenvalue weighted by atomic mass is 32.2. The fourth-order valence-corrected chi connectivity index (χ4v) is 2.41. The molecule has 7 heteroatoms. The van der Waals surface area contributed by atoms with Gasteiger partial charge in [0.2, 0.25) is 0 Å². The molecule has 0 aliphatic heterocycles. The van der Waals surface area contributed by atoms with Crippen LogP contribution >= 0.6 is 0 Å². The summed E-state index contributed by atoms with van der Waals surface area (Å²) in [5.74, 6) is 0. The summed E-state index contributed by atoms with van der Waals surface area (Å²) in [6.45, 7) is 2.78. The molecular formula is C14H22N2O4S. The smallest absolute Gasteiger partial charge is 0.317 e. The number of rotatable bonds is 6. The van der Waals surface area contributed by atoms with Crippen LogP contribution in [0.1, 0.15) is 18.5 Å². The van der Waals surface area contributed by atoms with Crippen LogP contribution in [0.3, 0.4) is 0 Å². The van der Waals surface area contributed by atoms with Gasteiger partial charge in [-0.2, -0.15) is 0 Å². The SMILES string of the molecule is COCCNC(=O)N(C)[C@@H](C)c1ccc(S(C)(=O)=O)cc1. The normalized spacial score (nSPS) is 12.8. The highest BCUT2D eigenvalue weighted by molar-refractivity contribution is 7.90. The van der Waals surface area contributed by atoms with E-state index in [0.717, 1.165) is 5.56 Å². The molecule has 0 saturated carbocycles. The lowest BCUT2D eigenvalue weighted by Crippen LogP contribution is -2.40. The van der Waals surface area contributed by atoms with Crippen molar-refractivity contribution in [1.82, 2.24) is 10.2 Å². The molecule has 0 radical (unpaired) electrons. The van der Waals surface area contributed by atoms with Gasteiger partial charge in [0.25, 0.3) is 0 Å². The zero-order valence-corrected chi connectivity index (χ0v) is 13.6. The first kappa shape index (κ1) is 17.5. The van der Waals surface area contributed by atoms with Crippen LogP contribution in [0.4, 0.5) is 4.79 Å². The molecule has 0 fully saturated rings. The predicted molar refractivity (Wildman–Crippen MR) is 81.0 cm³/mol. The molecule has 0 aliphatic carbocycles. The molecule has 1 atom stereocenters. The Bertz CT molecular complexity index is 569. The van der Waals surface area contributed by atoms with Crippen LogP contribution in [0.5, 0.6) is 0 Å². The van der Waals surface area contributed by atoms with Gasteiger partial charge >= 0.3 is 6.03 Å². The van der Waals surface area contributed by atoms with E-state index in [-0.39, 0.29) is 17.0 Å². The maximum atomic E-state index is 11.9. The zero-order chi connectivity index (χ0) is 16.0. The van der Waals surface area contributed by atoms with Crippen molar-refractivity contribution in [1.29, 1.82) is 0 Å². The van der Waals surface area contributed by atoms with Crippen molar-refractivity contribution in [3.05, 3.63) is 29.8 Å². The molecule has 21 heavy (non-hydrogen) atoms. The van der Waals surface area contributed by atoms with Crippen molar-refractivity contribution in [2.75, 3.05) is 33.6 Å². The zero-order valence-electron chi connectivity index (χ0n) is 12.8. The molecule has 0 bridgehead atoms. The van der Waals surface area contributed by atoms with Crippen molar-refractivity contribution in [2.24, 2.45) is 0 Å². The average Bonchev–Trinajstić information content (AvgIpc) is 2.45. The van der Waals surface area contributed by atoms with E-state index in [0.29, 0.717) is 13.2 Å². The molecule has 1 aromatic rings. The number of hydrogen-bond acceptors (Lipinski definition) is 4. The van der Waals surface area contributed by atoms with E-state index in [9.17, 15) is 13.2 Å². The van der Waals surface area contributed by atoms with E-state index in [1.54, 1.807) is 43.3 Å². The van der Waals surface area contributed by atoms with E-state index in [1.807, 2.05) is 6.92 Å². The molecule has 0 saturated heterocycles. The lowest BCUT2D eigenvalue weighted by atomic mass is 10.1. The molecule has 0 aliphatic rings. The second-order valence-electron chi connectivity index (χ2n) is 4.85. The van der Waals surface area contributed by atoms with Crippen molar-refractivity contribution < 1.29 is 17.9 Å². The van der Waals surface area contributed by atoms with Crippen LogP contribution < -0.4 is 5.32 Å². The van der Waals surface area contributed by atoms with Crippen LogP contribution in [0.25, 0.3) is 0 Å². The highest BCUT2D eigenvalue weighted by Gasteiger charge is 2.17. The predicted octanol–water partition coefficient (Wildman–Crippen LogP) is 1.44. The molecular weight excluding hydrogens is 292 g/mol. The van der Waals surface area contributed by atoms with Crippen molar-refractivity contribution in [3.8, 4) is 0 Å². The van der Waals surface area contributed by atoms with Crippen LogP contribution in [-0.2, 0) is 14.6 Å². The Kier molecular flexibility index (Phi) is 6.17. The van der Waals surface area contributed by atoms with Crippen LogP contribution in [0.2, 0.25) is 0 Å². The van der Waals surface area contributed by atoms with Gasteiger partial charge in [0.1, 0.15) is 0 Å². The number of sulfone groups is 1. The fraction of sp³-hybridized carbons (Fsp3) is 0.500. The van der Waals surface area contributed by atoms with Crippen LogP contribution in [0.15, 0.2) is 29.2 Å². The Morgan fingerprint density at radius 3 is 2.38 bits per heavy atom. The summed E-state index contributed by atoms with van der Waals surface area (Å²) in [6, 6.07) is 6.18. The number of carbonyl (C=O) groups is 1. The quantitative estimate of drug-likeness (QED) is 0.806. The second kappa shape index (κ2) is 7.42. The second-order valence-corrected chi connectivity index (χ2v) is 6.87. The lowest BCUT2D eigenvalue weighted by molar-refractivity contribution is 0.177. The summed E-state index contributed by atoms with van der Waals surface area (Å²) in [5.41, 5.74) is 0.867. The van der Waals surface area contributed by atoms with Crippen LogP contribution in [0, 0.1) is 0 Å². The summed E-state index contributed by atoms with van der Waals surface area (Å²) in [6.07, 6.45) is 1.17. The standard InChI is InChI=1S/C14H22N2O4S/c1-11(16(2)14(17)15-9-10-20-3)12-5-7-13(8-6-12)21(4,18)19/h5-8,11H,9-10H2,1-4H3,(H,15,17)/t11-/m0/s1. The van der Waals surface area contributed by atoms with Gasteiger partial charge in [0.15, 0.2) is 9.84 Å². The van der Waals surface area contributed by atoms with Gasteiger partial charge in [0.05, 0.1) is 17.5 Å². The molecule has 0 unspecified atom stereocenters. The summed E-state index contributed by atoms with van der Waals surface area (Å²) in [5, 5.41) is 2.74. The van der Waals surface area contributed by atoms with Crippen LogP contribution in [-0.4, -0.2) is 52.9 Å². The average molecular weight is 314 g/mol. The van der Waals surface area contributed by atoms with Gasteiger partial charge in [-0.05, 0) is 24.6 Å². The molecule has 6 nitrogen and oxygen atoms in total. The lowest BCUT2D eigenvalue weighted by Gasteiger charge is -2.25. The Morgan fingerprint density at radius 1 is 1.33 bits per heavy atom. The number of carbonyl (C=O) groups excluding carboxylic acids is 1. The number of hydrogen-bond donors (Lipinski definition) is 1. The van der Waals surface area contributed by atoms with Crippen molar-refractivity contribution in [2.45, 2.75) is 17.9 Å². The topological polar surface area (TPSA) is 75.7 Å². The molecule has 2 amide bonds. The number of benzene rings is 1. The number of nitrogens with one attached hydrogen (secondary N) is 1. The van der Waals surface area contributed by atoms with Crippen molar-refractivity contribution in [3.63, 3.8) is 0 Å². The van der Waals surface area contributed by atoms with E-state index >= 15 is 0 Å². The van der Waals surface area contributed by atoms with E-state index in [2.05, 4.69) is 5.32 Å². The number of amides is 2. The molecule has 1 aromatic carbocycles. The third kappa shape index (κ3) is 5.02. The van der Waals surface area contributed by atoms with E-state index in [4.69, 9.17) is 4.74 Å². The molecule has 0 heterocycles. The molecule has 0 aromatic heterocycles. The van der Waals surface area contributed by atoms with E-state index < -0.39 is 9.84 Å². The molecule has 1 rings (SSSR count). The monoisotopic (exact) mass is 314 g/mol. The molecule has 1 N–H and O–H groups in total. The van der Waals surface area contributed by atoms with Gasteiger partial charge in [-0.25, -0.2) is 13.2 Å². The van der Waals surface area contributed by atoms with Gasteiger partial charge < -0.3 is 15.0 Å². The minimum absolute atomic E-state index is 0.166. The summed E-state index contributed by atoms with van der Waals surface area (Å²) < 4.78 is 27.7. The number of methoxy groups -OCH3 is 1. The minimum atomic E-state index is -3.20. The molecule has 0 spiro atoms. The van der Waals surface area contributed by atoms with Gasteiger partial charge in [-0.3, -0.25) is 0 Å². The highest BCUT2D eigenvalue weighted by Crippen LogP contribution is 2.20. The first-order chi connectivity index (χ1) is 9.77. The summed E-state index contributed by atoms with van der Waals surface area (Å²) in [7, 11) is 0.0594. The van der Waals surface area contributed by atoms with Crippen molar-refractivity contribution >= 4 is 15.9 Å². The number of urea groups is 1. The maximum Gasteiger partial charge on any atom is 0.317 e.